The van der Waals surface area contributed by atoms with Crippen molar-refractivity contribution in [3.8, 4) is 6.07 Å². The minimum Gasteiger partial charge on any atom is -0.464 e. The molecule has 5 heteroatoms. The summed E-state index contributed by atoms with van der Waals surface area (Å²) in [5, 5.41) is 9.34. The molecular weight excluding hydrogens is 196 g/mol. The van der Waals surface area contributed by atoms with Crippen LogP contribution in [0.3, 0.4) is 0 Å². The Labute approximate surface area is 85.5 Å². The second-order valence-electron chi connectivity index (χ2n) is 3.06. The standard InChI is InChI=1S/C10H8N2O3/c1-12-8(10(13)14-2)4-6-3-7(5-11)15-9(6)12/h3-4H,1-2H3. The molecular formula is C10H8N2O3. The van der Waals surface area contributed by atoms with Gasteiger partial charge in [0.2, 0.25) is 11.5 Å². The minimum atomic E-state index is -0.428. The fourth-order valence-electron chi connectivity index (χ4n) is 1.47. The largest absolute Gasteiger partial charge is 0.464 e. The Bertz CT molecular complexity index is 571. The van der Waals surface area contributed by atoms with Gasteiger partial charge in [-0.05, 0) is 6.07 Å². The molecule has 0 radical (unpaired) electrons. The van der Waals surface area contributed by atoms with Crippen LogP contribution in [0, 0.1) is 11.3 Å². The van der Waals surface area contributed by atoms with E-state index in [1.165, 1.54) is 7.11 Å². The highest BCUT2D eigenvalue weighted by atomic mass is 16.5. The summed E-state index contributed by atoms with van der Waals surface area (Å²) < 4.78 is 11.4. The first kappa shape index (κ1) is 9.34. The van der Waals surface area contributed by atoms with Gasteiger partial charge in [-0.1, -0.05) is 0 Å². The lowest BCUT2D eigenvalue weighted by molar-refractivity contribution is 0.0590. The van der Waals surface area contributed by atoms with E-state index in [4.69, 9.17) is 9.68 Å². The van der Waals surface area contributed by atoms with Gasteiger partial charge in [-0.15, -0.1) is 0 Å². The maximum Gasteiger partial charge on any atom is 0.354 e. The number of nitriles is 1. The molecule has 0 aliphatic heterocycles. The zero-order valence-electron chi connectivity index (χ0n) is 8.27. The van der Waals surface area contributed by atoms with E-state index in [-0.39, 0.29) is 5.76 Å². The molecule has 0 atom stereocenters. The van der Waals surface area contributed by atoms with Crippen LogP contribution in [0.4, 0.5) is 0 Å². The van der Waals surface area contributed by atoms with Gasteiger partial charge < -0.3 is 13.7 Å². The van der Waals surface area contributed by atoms with Gasteiger partial charge >= 0.3 is 5.97 Å². The van der Waals surface area contributed by atoms with Crippen molar-refractivity contribution in [2.24, 2.45) is 7.05 Å². The van der Waals surface area contributed by atoms with Crippen molar-refractivity contribution in [3.05, 3.63) is 23.6 Å². The van der Waals surface area contributed by atoms with Crippen LogP contribution in [0.15, 0.2) is 16.5 Å². The molecule has 2 aromatic heterocycles. The zero-order valence-corrected chi connectivity index (χ0v) is 8.27. The molecule has 2 heterocycles. The van der Waals surface area contributed by atoms with Crippen LogP contribution in [0.25, 0.3) is 11.1 Å². The normalized spacial score (nSPS) is 10.2. The van der Waals surface area contributed by atoms with Crippen LogP contribution in [0.5, 0.6) is 0 Å². The molecule has 15 heavy (non-hydrogen) atoms. The number of hydrogen-bond donors (Lipinski definition) is 0. The first-order chi connectivity index (χ1) is 7.17. The van der Waals surface area contributed by atoms with Crippen molar-refractivity contribution >= 4 is 17.1 Å². The predicted molar refractivity (Wildman–Crippen MR) is 51.2 cm³/mol. The second-order valence-corrected chi connectivity index (χ2v) is 3.06. The third-order valence-corrected chi connectivity index (χ3v) is 2.20. The Morgan fingerprint density at radius 3 is 2.87 bits per heavy atom. The van der Waals surface area contributed by atoms with Gasteiger partial charge in [0.25, 0.3) is 0 Å². The van der Waals surface area contributed by atoms with E-state index in [1.807, 2.05) is 6.07 Å². The number of hydrogen-bond acceptors (Lipinski definition) is 4. The summed E-state index contributed by atoms with van der Waals surface area (Å²) in [5.41, 5.74) is 0.891. The molecule has 0 saturated heterocycles. The van der Waals surface area contributed by atoms with E-state index in [0.717, 1.165) is 5.39 Å². The number of furan rings is 1. The Morgan fingerprint density at radius 1 is 1.60 bits per heavy atom. The number of methoxy groups -OCH3 is 1. The number of aromatic nitrogens is 1. The Balaban J connectivity index is 2.63. The number of nitrogens with zero attached hydrogens (tertiary/aromatic N) is 2. The summed E-state index contributed by atoms with van der Waals surface area (Å²) in [4.78, 5) is 11.3. The van der Waals surface area contributed by atoms with Gasteiger partial charge in [-0.2, -0.15) is 5.26 Å². The molecule has 0 N–H and O–H groups in total. The lowest BCUT2D eigenvalue weighted by Crippen LogP contribution is -2.06. The Morgan fingerprint density at radius 2 is 2.33 bits per heavy atom. The number of esters is 1. The van der Waals surface area contributed by atoms with Crippen LogP contribution in [-0.2, 0) is 11.8 Å². The van der Waals surface area contributed by atoms with Crippen LogP contribution in [-0.4, -0.2) is 17.6 Å². The second kappa shape index (κ2) is 3.17. The summed E-state index contributed by atoms with van der Waals surface area (Å²) in [6, 6.07) is 5.11. The van der Waals surface area contributed by atoms with Crippen molar-refractivity contribution in [1.82, 2.24) is 4.57 Å². The third kappa shape index (κ3) is 1.27. The van der Waals surface area contributed by atoms with Gasteiger partial charge in [0.05, 0.1) is 7.11 Å². The van der Waals surface area contributed by atoms with E-state index in [2.05, 4.69) is 4.74 Å². The van der Waals surface area contributed by atoms with Crippen molar-refractivity contribution < 1.29 is 13.9 Å². The summed E-state index contributed by atoms with van der Waals surface area (Å²) in [5.74, 6) is -0.200. The Hall–Kier alpha value is -2.22. The fourth-order valence-corrected chi connectivity index (χ4v) is 1.47. The van der Waals surface area contributed by atoms with E-state index < -0.39 is 5.97 Å². The first-order valence-electron chi connectivity index (χ1n) is 4.25. The average molecular weight is 204 g/mol. The quantitative estimate of drug-likeness (QED) is 0.659. The molecule has 2 rings (SSSR count). The third-order valence-electron chi connectivity index (χ3n) is 2.20. The molecule has 0 amide bonds. The summed E-state index contributed by atoms with van der Waals surface area (Å²) in [7, 11) is 3.00. The lowest BCUT2D eigenvalue weighted by atomic mass is 10.3. The average Bonchev–Trinajstić information content (AvgIpc) is 2.77. The van der Waals surface area contributed by atoms with Crippen LogP contribution in [0.1, 0.15) is 16.2 Å². The maximum absolute atomic E-state index is 11.3. The van der Waals surface area contributed by atoms with Gasteiger partial charge in [-0.3, -0.25) is 0 Å². The smallest absolute Gasteiger partial charge is 0.354 e. The molecule has 2 aromatic rings. The van der Waals surface area contributed by atoms with Crippen LogP contribution in [0.2, 0.25) is 0 Å². The Kier molecular flexibility index (Phi) is 1.97. The highest BCUT2D eigenvalue weighted by molar-refractivity contribution is 5.94. The van der Waals surface area contributed by atoms with E-state index in [9.17, 15) is 4.79 Å². The SMILES string of the molecule is COC(=O)c1cc2cc(C#N)oc2n1C. The van der Waals surface area contributed by atoms with Gasteiger partial charge in [-0.25, -0.2) is 4.79 Å². The number of rotatable bonds is 1. The predicted octanol–water partition coefficient (Wildman–Crippen LogP) is 1.43. The van der Waals surface area contributed by atoms with Crippen molar-refractivity contribution in [2.75, 3.05) is 7.11 Å². The van der Waals surface area contributed by atoms with E-state index in [1.54, 1.807) is 23.7 Å². The molecule has 0 bridgehead atoms. The van der Waals surface area contributed by atoms with Crippen LogP contribution >= 0.6 is 0 Å². The molecule has 0 aliphatic carbocycles. The van der Waals surface area contributed by atoms with Crippen LogP contribution < -0.4 is 0 Å². The number of carbonyl (C=O) groups is 1. The summed E-state index contributed by atoms with van der Waals surface area (Å²) in [6.45, 7) is 0. The molecule has 76 valence electrons. The summed E-state index contributed by atoms with van der Waals surface area (Å²) in [6.07, 6.45) is 0. The first-order valence-corrected chi connectivity index (χ1v) is 4.25. The van der Waals surface area contributed by atoms with Gasteiger partial charge in [0.15, 0.2) is 0 Å². The lowest BCUT2D eigenvalue weighted by Gasteiger charge is -1.99. The van der Waals surface area contributed by atoms with Gasteiger partial charge in [0.1, 0.15) is 11.8 Å². The van der Waals surface area contributed by atoms with Crippen molar-refractivity contribution in [3.63, 3.8) is 0 Å². The molecule has 0 aromatic carbocycles. The topological polar surface area (TPSA) is 68.2 Å². The minimum absolute atomic E-state index is 0.229. The monoisotopic (exact) mass is 204 g/mol. The fraction of sp³-hybridized carbons (Fsp3) is 0.200. The summed E-state index contributed by atoms with van der Waals surface area (Å²) >= 11 is 0. The van der Waals surface area contributed by atoms with Gasteiger partial charge in [0, 0.05) is 18.5 Å². The molecule has 0 fully saturated rings. The van der Waals surface area contributed by atoms with Crippen molar-refractivity contribution in [2.45, 2.75) is 0 Å². The van der Waals surface area contributed by atoms with E-state index in [0.29, 0.717) is 11.4 Å². The number of fused-ring (bicyclic) bond motifs is 1. The molecule has 5 nitrogen and oxygen atoms in total. The number of carbonyl (C=O) groups excluding carboxylic acids is 1. The molecule has 0 saturated carbocycles. The van der Waals surface area contributed by atoms with Crippen molar-refractivity contribution in [1.29, 1.82) is 5.26 Å². The molecule has 0 spiro atoms. The highest BCUT2D eigenvalue weighted by Gasteiger charge is 2.16. The zero-order chi connectivity index (χ0) is 11.0. The number of ether oxygens (including phenoxy) is 1. The van der Waals surface area contributed by atoms with E-state index >= 15 is 0 Å². The molecule has 0 unspecified atom stereocenters. The highest BCUT2D eigenvalue weighted by Crippen LogP contribution is 2.22. The maximum atomic E-state index is 11.3. The molecule has 0 aliphatic rings. The number of aryl methyl sites for hydroxylation is 1.